The van der Waals surface area contributed by atoms with Crippen molar-refractivity contribution in [1.82, 2.24) is 15.0 Å². The van der Waals surface area contributed by atoms with E-state index in [4.69, 9.17) is 5.73 Å². The predicted octanol–water partition coefficient (Wildman–Crippen LogP) is 1.14. The Balaban J connectivity index is 3.09. The van der Waals surface area contributed by atoms with Crippen LogP contribution in [0.5, 0.6) is 0 Å². The van der Waals surface area contributed by atoms with Crippen LogP contribution in [-0.4, -0.2) is 41.1 Å². The van der Waals surface area contributed by atoms with E-state index in [-0.39, 0.29) is 5.95 Å². The fourth-order valence-corrected chi connectivity index (χ4v) is 1.41. The second-order valence-electron chi connectivity index (χ2n) is 4.17. The average molecular weight is 238 g/mol. The molecule has 0 atom stereocenters. The molecule has 1 aromatic heterocycles. The first-order valence-electron chi connectivity index (χ1n) is 5.98. The second-order valence-corrected chi connectivity index (χ2v) is 4.17. The summed E-state index contributed by atoms with van der Waals surface area (Å²) in [5, 5.41) is 0. The van der Waals surface area contributed by atoms with Crippen molar-refractivity contribution >= 4 is 17.8 Å². The summed E-state index contributed by atoms with van der Waals surface area (Å²) in [6, 6.07) is 0.321. The molecule has 2 N–H and O–H groups in total. The quantitative estimate of drug-likeness (QED) is 0.829. The molecule has 1 rings (SSSR count). The van der Waals surface area contributed by atoms with E-state index in [1.807, 2.05) is 11.9 Å². The minimum Gasteiger partial charge on any atom is -0.368 e. The lowest BCUT2D eigenvalue weighted by atomic mass is 10.4. The van der Waals surface area contributed by atoms with Crippen molar-refractivity contribution < 1.29 is 0 Å². The molecule has 96 valence electrons. The van der Waals surface area contributed by atoms with E-state index in [1.54, 1.807) is 0 Å². The smallest absolute Gasteiger partial charge is 0.231 e. The van der Waals surface area contributed by atoms with E-state index in [1.165, 1.54) is 0 Å². The monoisotopic (exact) mass is 238 g/mol. The van der Waals surface area contributed by atoms with Gasteiger partial charge in [0.05, 0.1) is 0 Å². The zero-order chi connectivity index (χ0) is 13.0. The minimum absolute atomic E-state index is 0.268. The van der Waals surface area contributed by atoms with Gasteiger partial charge < -0.3 is 15.5 Å². The Morgan fingerprint density at radius 2 is 1.59 bits per heavy atom. The SMILES string of the molecule is CCN(CC)c1nc(N)nc(N(C)C(C)C)n1. The van der Waals surface area contributed by atoms with Crippen molar-refractivity contribution in [3.05, 3.63) is 0 Å². The van der Waals surface area contributed by atoms with Gasteiger partial charge in [0.1, 0.15) is 0 Å². The van der Waals surface area contributed by atoms with Gasteiger partial charge in [0, 0.05) is 26.2 Å². The van der Waals surface area contributed by atoms with Gasteiger partial charge in [-0.05, 0) is 27.7 Å². The Morgan fingerprint density at radius 3 is 2.06 bits per heavy atom. The second kappa shape index (κ2) is 5.65. The van der Waals surface area contributed by atoms with Gasteiger partial charge in [0.15, 0.2) is 0 Å². The molecule has 0 unspecified atom stereocenters. The Bertz CT molecular complexity index is 341. The first-order chi connectivity index (χ1) is 7.99. The van der Waals surface area contributed by atoms with Crippen LogP contribution in [0.4, 0.5) is 17.8 Å². The summed E-state index contributed by atoms with van der Waals surface area (Å²) in [5.41, 5.74) is 5.73. The minimum atomic E-state index is 0.268. The first kappa shape index (κ1) is 13.5. The van der Waals surface area contributed by atoms with Gasteiger partial charge in [-0.2, -0.15) is 15.0 Å². The highest BCUT2D eigenvalue weighted by Gasteiger charge is 2.13. The first-order valence-corrected chi connectivity index (χ1v) is 5.98. The molecule has 17 heavy (non-hydrogen) atoms. The third kappa shape index (κ3) is 3.18. The summed E-state index contributed by atoms with van der Waals surface area (Å²) in [7, 11) is 1.95. The molecule has 0 aliphatic rings. The van der Waals surface area contributed by atoms with Crippen molar-refractivity contribution in [2.24, 2.45) is 0 Å². The van der Waals surface area contributed by atoms with Crippen LogP contribution >= 0.6 is 0 Å². The third-order valence-corrected chi connectivity index (χ3v) is 2.77. The Kier molecular flexibility index (Phi) is 4.48. The van der Waals surface area contributed by atoms with Gasteiger partial charge in [-0.25, -0.2) is 0 Å². The summed E-state index contributed by atoms with van der Waals surface area (Å²) in [6.07, 6.45) is 0. The van der Waals surface area contributed by atoms with Crippen molar-refractivity contribution in [1.29, 1.82) is 0 Å². The van der Waals surface area contributed by atoms with Gasteiger partial charge in [-0.1, -0.05) is 0 Å². The number of aromatic nitrogens is 3. The lowest BCUT2D eigenvalue weighted by Crippen LogP contribution is -2.30. The summed E-state index contributed by atoms with van der Waals surface area (Å²) in [4.78, 5) is 16.8. The van der Waals surface area contributed by atoms with Crippen molar-refractivity contribution in [3.8, 4) is 0 Å². The highest BCUT2D eigenvalue weighted by atomic mass is 15.3. The Labute approximate surface area is 103 Å². The molecule has 6 heteroatoms. The topological polar surface area (TPSA) is 71.2 Å². The van der Waals surface area contributed by atoms with Crippen molar-refractivity contribution in [2.75, 3.05) is 35.7 Å². The number of nitrogens with two attached hydrogens (primary N) is 1. The molecular weight excluding hydrogens is 216 g/mol. The van der Waals surface area contributed by atoms with Crippen LogP contribution in [0.2, 0.25) is 0 Å². The largest absolute Gasteiger partial charge is 0.368 e. The van der Waals surface area contributed by atoms with E-state index in [2.05, 4.69) is 47.5 Å². The third-order valence-electron chi connectivity index (χ3n) is 2.77. The average Bonchev–Trinajstić information content (AvgIpc) is 2.28. The normalized spacial score (nSPS) is 10.7. The zero-order valence-electron chi connectivity index (χ0n) is 11.3. The predicted molar refractivity (Wildman–Crippen MR) is 71.3 cm³/mol. The highest BCUT2D eigenvalue weighted by molar-refractivity contribution is 5.43. The number of anilines is 3. The number of hydrogen-bond acceptors (Lipinski definition) is 6. The van der Waals surface area contributed by atoms with Gasteiger partial charge in [0.2, 0.25) is 17.8 Å². The van der Waals surface area contributed by atoms with Crippen LogP contribution in [0.3, 0.4) is 0 Å². The van der Waals surface area contributed by atoms with Crippen LogP contribution in [0.15, 0.2) is 0 Å². The molecule has 1 aromatic rings. The molecule has 0 radical (unpaired) electrons. The van der Waals surface area contributed by atoms with E-state index in [9.17, 15) is 0 Å². The van der Waals surface area contributed by atoms with E-state index in [0.29, 0.717) is 17.9 Å². The van der Waals surface area contributed by atoms with Gasteiger partial charge in [-0.15, -0.1) is 0 Å². The van der Waals surface area contributed by atoms with Crippen LogP contribution in [0, 0.1) is 0 Å². The van der Waals surface area contributed by atoms with Gasteiger partial charge in [0.25, 0.3) is 0 Å². The molecule has 0 saturated heterocycles. The van der Waals surface area contributed by atoms with E-state index >= 15 is 0 Å². The molecule has 0 spiro atoms. The highest BCUT2D eigenvalue weighted by Crippen LogP contribution is 2.15. The molecule has 0 bridgehead atoms. The summed E-state index contributed by atoms with van der Waals surface area (Å²) >= 11 is 0. The van der Waals surface area contributed by atoms with Crippen LogP contribution in [0.25, 0.3) is 0 Å². The maximum absolute atomic E-state index is 5.73. The summed E-state index contributed by atoms with van der Waals surface area (Å²) < 4.78 is 0. The molecule has 6 nitrogen and oxygen atoms in total. The van der Waals surface area contributed by atoms with Crippen LogP contribution in [0.1, 0.15) is 27.7 Å². The fourth-order valence-electron chi connectivity index (χ4n) is 1.41. The van der Waals surface area contributed by atoms with Crippen molar-refractivity contribution in [3.63, 3.8) is 0 Å². The maximum Gasteiger partial charge on any atom is 0.231 e. The lowest BCUT2D eigenvalue weighted by molar-refractivity contribution is 0.719. The number of nitrogens with zero attached hydrogens (tertiary/aromatic N) is 5. The zero-order valence-corrected chi connectivity index (χ0v) is 11.3. The number of nitrogen functional groups attached to an aromatic ring is 1. The molecule has 1 heterocycles. The Hall–Kier alpha value is -1.59. The maximum atomic E-state index is 5.73. The molecule has 0 aliphatic heterocycles. The summed E-state index contributed by atoms with van der Waals surface area (Å²) in [6.45, 7) is 9.99. The van der Waals surface area contributed by atoms with Crippen LogP contribution < -0.4 is 15.5 Å². The van der Waals surface area contributed by atoms with E-state index in [0.717, 1.165) is 13.1 Å². The standard InChI is InChI=1S/C11H22N6/c1-6-17(7-2)11-14-9(12)13-10(15-11)16(5)8(3)4/h8H,6-7H2,1-5H3,(H2,12,13,14,15). The van der Waals surface area contributed by atoms with E-state index < -0.39 is 0 Å². The molecular formula is C11H22N6. The molecule has 0 fully saturated rings. The molecule has 0 amide bonds. The molecule has 0 aromatic carbocycles. The molecule has 0 saturated carbocycles. The van der Waals surface area contributed by atoms with Gasteiger partial charge in [-0.3, -0.25) is 0 Å². The Morgan fingerprint density at radius 1 is 1.06 bits per heavy atom. The number of hydrogen-bond donors (Lipinski definition) is 1. The fraction of sp³-hybridized carbons (Fsp3) is 0.727. The molecule has 0 aliphatic carbocycles. The van der Waals surface area contributed by atoms with Gasteiger partial charge >= 0.3 is 0 Å². The van der Waals surface area contributed by atoms with Crippen molar-refractivity contribution in [2.45, 2.75) is 33.7 Å². The summed E-state index contributed by atoms with van der Waals surface area (Å²) in [5.74, 6) is 1.53. The number of rotatable bonds is 5. The lowest BCUT2D eigenvalue weighted by Gasteiger charge is -2.24. The van der Waals surface area contributed by atoms with Crippen LogP contribution in [-0.2, 0) is 0 Å².